The highest BCUT2D eigenvalue weighted by molar-refractivity contribution is 5.71. The van der Waals surface area contributed by atoms with Gasteiger partial charge in [-0.25, -0.2) is 4.98 Å². The number of nitrogens with one attached hydrogen (secondary N) is 1. The van der Waals surface area contributed by atoms with E-state index in [1.54, 1.807) is 18.2 Å². The van der Waals surface area contributed by atoms with Crippen molar-refractivity contribution < 1.29 is 14.6 Å². The Morgan fingerprint density at radius 1 is 1.03 bits per heavy atom. The van der Waals surface area contributed by atoms with Gasteiger partial charge in [0.25, 0.3) is 0 Å². The van der Waals surface area contributed by atoms with Crippen LogP contribution in [0.3, 0.4) is 0 Å². The molecule has 9 nitrogen and oxygen atoms in total. The number of fused-ring (bicyclic) bond motifs is 2. The van der Waals surface area contributed by atoms with Crippen LogP contribution in [0, 0.1) is 0 Å². The lowest BCUT2D eigenvalue weighted by Gasteiger charge is -2.41. The Kier molecular flexibility index (Phi) is 4.93. The Hall–Kier alpha value is -3.33. The molecule has 2 bridgehead atoms. The summed E-state index contributed by atoms with van der Waals surface area (Å²) in [4.78, 5) is 12.2. The molecule has 5 rings (SSSR count). The van der Waals surface area contributed by atoms with Gasteiger partial charge in [-0.05, 0) is 44.9 Å². The van der Waals surface area contributed by atoms with E-state index >= 15 is 0 Å². The number of aromatic nitrogens is 5. The van der Waals surface area contributed by atoms with Crippen LogP contribution >= 0.6 is 0 Å². The minimum absolute atomic E-state index is 0.0561. The number of benzene rings is 1. The normalized spacial score (nSPS) is 26.7. The van der Waals surface area contributed by atoms with Crippen molar-refractivity contribution in [2.45, 2.75) is 56.7 Å². The van der Waals surface area contributed by atoms with Crippen molar-refractivity contribution in [3.63, 3.8) is 0 Å². The van der Waals surface area contributed by atoms with Crippen LogP contribution in [0.2, 0.25) is 0 Å². The van der Waals surface area contributed by atoms with Crippen molar-refractivity contribution in [3.8, 4) is 40.3 Å². The third-order valence-electron chi connectivity index (χ3n) is 6.38. The smallest absolute Gasteiger partial charge is 0.319 e. The first-order valence-electron chi connectivity index (χ1n) is 10.7. The van der Waals surface area contributed by atoms with Gasteiger partial charge in [0.1, 0.15) is 18.2 Å². The zero-order chi connectivity index (χ0) is 22.3. The summed E-state index contributed by atoms with van der Waals surface area (Å²) in [6.07, 6.45) is 5.72. The van der Waals surface area contributed by atoms with Crippen LogP contribution in [0.1, 0.15) is 39.5 Å². The Morgan fingerprint density at radius 3 is 2.47 bits per heavy atom. The fraction of sp³-hybridized carbons (Fsp3) is 0.435. The molecule has 2 N–H and O–H groups in total. The number of nitrogens with zero attached hydrogens (tertiary/aromatic N) is 5. The van der Waals surface area contributed by atoms with Gasteiger partial charge in [0.05, 0.1) is 12.8 Å². The Bertz CT molecular complexity index is 1120. The molecule has 0 saturated carbocycles. The number of methoxy groups -OCH3 is 1. The molecule has 2 fully saturated rings. The molecule has 4 heterocycles. The lowest BCUT2D eigenvalue weighted by atomic mass is 9.86. The molecule has 2 aliphatic rings. The lowest BCUT2D eigenvalue weighted by Crippen LogP contribution is -2.56. The van der Waals surface area contributed by atoms with Crippen LogP contribution in [0.5, 0.6) is 17.6 Å². The van der Waals surface area contributed by atoms with Crippen LogP contribution in [0.4, 0.5) is 0 Å². The number of rotatable bonds is 5. The highest BCUT2D eigenvalue weighted by atomic mass is 16.5. The molecule has 166 valence electrons. The molecule has 1 aromatic carbocycles. The summed E-state index contributed by atoms with van der Waals surface area (Å²) < 4.78 is 11.2. The van der Waals surface area contributed by atoms with E-state index in [-0.39, 0.29) is 28.9 Å². The second-order valence-corrected chi connectivity index (χ2v) is 9.18. The van der Waals surface area contributed by atoms with Gasteiger partial charge in [-0.1, -0.05) is 6.07 Å². The van der Waals surface area contributed by atoms with E-state index in [2.05, 4.69) is 44.3 Å². The van der Waals surface area contributed by atoms with E-state index in [4.69, 9.17) is 9.47 Å². The van der Waals surface area contributed by atoms with Crippen molar-refractivity contribution in [2.24, 2.45) is 0 Å². The summed E-state index contributed by atoms with van der Waals surface area (Å²) in [7, 11) is 1.49. The Balaban J connectivity index is 1.32. The largest absolute Gasteiger partial charge is 0.507 e. The van der Waals surface area contributed by atoms with E-state index in [9.17, 15) is 5.11 Å². The molecule has 32 heavy (non-hydrogen) atoms. The van der Waals surface area contributed by atoms with E-state index in [1.165, 1.54) is 26.3 Å². The molecule has 2 aliphatic heterocycles. The van der Waals surface area contributed by atoms with E-state index in [0.717, 1.165) is 12.8 Å². The summed E-state index contributed by atoms with van der Waals surface area (Å²) in [5, 5.41) is 22.9. The molecule has 9 heteroatoms. The number of aromatic hydroxyl groups is 1. The van der Waals surface area contributed by atoms with Gasteiger partial charge in [-0.15, -0.1) is 10.2 Å². The highest BCUT2D eigenvalue weighted by Crippen LogP contribution is 2.43. The van der Waals surface area contributed by atoms with Gasteiger partial charge in [0, 0.05) is 41.1 Å². The van der Waals surface area contributed by atoms with Gasteiger partial charge in [0.15, 0.2) is 5.82 Å². The maximum Gasteiger partial charge on any atom is 0.319 e. The molecule has 0 spiro atoms. The second kappa shape index (κ2) is 7.67. The summed E-state index contributed by atoms with van der Waals surface area (Å²) in [6, 6.07) is 8.98. The SMILES string of the molecule is COc1ncnc(-c2ccc(-c3ccc(OC4C[C@]5(C)CC[C@](C)(C4)N5)nn3)c(O)c2)n1. The van der Waals surface area contributed by atoms with E-state index < -0.39 is 0 Å². The predicted molar refractivity (Wildman–Crippen MR) is 117 cm³/mol. The number of phenols is 1. The van der Waals surface area contributed by atoms with E-state index in [1.807, 2.05) is 12.1 Å². The number of piperidine rings is 1. The van der Waals surface area contributed by atoms with Gasteiger partial charge in [-0.2, -0.15) is 9.97 Å². The van der Waals surface area contributed by atoms with Crippen LogP contribution in [0.25, 0.3) is 22.6 Å². The highest BCUT2D eigenvalue weighted by Gasteiger charge is 2.49. The zero-order valence-corrected chi connectivity index (χ0v) is 18.4. The molecule has 1 unspecified atom stereocenters. The number of hydrogen-bond acceptors (Lipinski definition) is 9. The molecule has 0 radical (unpaired) electrons. The molecule has 2 aromatic heterocycles. The zero-order valence-electron chi connectivity index (χ0n) is 18.4. The lowest BCUT2D eigenvalue weighted by molar-refractivity contribution is 0.0754. The molecule has 3 atom stereocenters. The van der Waals surface area contributed by atoms with Crippen LogP contribution < -0.4 is 14.8 Å². The number of ether oxygens (including phenoxy) is 2. The molecular formula is C23H26N6O3. The monoisotopic (exact) mass is 434 g/mol. The topological polar surface area (TPSA) is 115 Å². The average molecular weight is 435 g/mol. The summed E-state index contributed by atoms with van der Waals surface area (Å²) in [5.74, 6) is 0.966. The standard InChI is InChI=1S/C23H26N6O3/c1-22-8-9-23(2,29-22)12-15(11-22)32-19-7-6-17(27-28-19)16-5-4-14(10-18(16)30)20-24-13-25-21(26-20)31-3/h4-7,10,13,15,29-30H,8-9,11-12H2,1-3H3/t15?,22-,23+. The minimum atomic E-state index is 0.0561. The first-order valence-corrected chi connectivity index (χ1v) is 10.7. The average Bonchev–Trinajstić information content (AvgIpc) is 3.01. The third kappa shape index (κ3) is 3.95. The first-order chi connectivity index (χ1) is 15.3. The predicted octanol–water partition coefficient (Wildman–Crippen LogP) is 3.15. The number of phenolic OH excluding ortho intramolecular Hbond substituents is 1. The van der Waals surface area contributed by atoms with Gasteiger partial charge in [0.2, 0.25) is 5.88 Å². The van der Waals surface area contributed by atoms with Gasteiger partial charge in [-0.3, -0.25) is 0 Å². The second-order valence-electron chi connectivity index (χ2n) is 9.18. The Morgan fingerprint density at radius 2 is 1.81 bits per heavy atom. The molecule has 3 aromatic rings. The van der Waals surface area contributed by atoms with Crippen molar-refractivity contribution in [1.82, 2.24) is 30.5 Å². The first kappa shape index (κ1) is 20.6. The van der Waals surface area contributed by atoms with Crippen LogP contribution in [0.15, 0.2) is 36.7 Å². The maximum atomic E-state index is 10.6. The number of hydrogen-bond donors (Lipinski definition) is 2. The Labute approximate surface area is 186 Å². The molecule has 2 saturated heterocycles. The van der Waals surface area contributed by atoms with Crippen molar-refractivity contribution in [3.05, 3.63) is 36.7 Å². The summed E-state index contributed by atoms with van der Waals surface area (Å²) in [6.45, 7) is 4.53. The van der Waals surface area contributed by atoms with Crippen molar-refractivity contribution in [1.29, 1.82) is 0 Å². The van der Waals surface area contributed by atoms with Gasteiger partial charge < -0.3 is 19.9 Å². The summed E-state index contributed by atoms with van der Waals surface area (Å²) in [5.41, 5.74) is 2.01. The maximum absolute atomic E-state index is 10.6. The van der Waals surface area contributed by atoms with Gasteiger partial charge >= 0.3 is 6.01 Å². The van der Waals surface area contributed by atoms with E-state index in [0.29, 0.717) is 28.5 Å². The molecule has 0 amide bonds. The minimum Gasteiger partial charge on any atom is -0.507 e. The fourth-order valence-corrected chi connectivity index (χ4v) is 4.98. The van der Waals surface area contributed by atoms with Crippen molar-refractivity contribution in [2.75, 3.05) is 7.11 Å². The molecule has 0 aliphatic carbocycles. The quantitative estimate of drug-likeness (QED) is 0.625. The molecular weight excluding hydrogens is 408 g/mol. The summed E-state index contributed by atoms with van der Waals surface area (Å²) >= 11 is 0. The van der Waals surface area contributed by atoms with Crippen LogP contribution in [-0.2, 0) is 0 Å². The third-order valence-corrected chi connectivity index (χ3v) is 6.38. The van der Waals surface area contributed by atoms with Crippen LogP contribution in [-0.4, -0.2) is 54.5 Å². The fourth-order valence-electron chi connectivity index (χ4n) is 4.98. The van der Waals surface area contributed by atoms with Crippen molar-refractivity contribution >= 4 is 0 Å².